The second-order valence-electron chi connectivity index (χ2n) is 3.69. The number of nitrogens with one attached hydrogen (secondary N) is 1. The number of hydrazine groups is 1. The van der Waals surface area contributed by atoms with Crippen molar-refractivity contribution >= 4 is 15.9 Å². The number of nitrogens with two attached hydrogens (primary N) is 1. The molecule has 1 aromatic heterocycles. The van der Waals surface area contributed by atoms with Crippen LogP contribution in [0, 0.1) is 5.82 Å². The highest BCUT2D eigenvalue weighted by atomic mass is 79.9. The van der Waals surface area contributed by atoms with Crippen LogP contribution in [0.1, 0.15) is 17.3 Å². The Balaban J connectivity index is 2.57. The van der Waals surface area contributed by atoms with Gasteiger partial charge in [-0.15, -0.1) is 0 Å². The van der Waals surface area contributed by atoms with Crippen molar-refractivity contribution in [1.29, 1.82) is 0 Å². The molecule has 3 N–H and O–H groups in total. The summed E-state index contributed by atoms with van der Waals surface area (Å²) in [5.41, 5.74) is 3.30. The highest BCUT2D eigenvalue weighted by Gasteiger charge is 2.24. The van der Waals surface area contributed by atoms with E-state index in [1.165, 1.54) is 25.6 Å². The third-order valence-electron chi connectivity index (χ3n) is 2.61. The van der Waals surface area contributed by atoms with Crippen molar-refractivity contribution < 1.29 is 9.13 Å². The van der Waals surface area contributed by atoms with Crippen LogP contribution >= 0.6 is 15.9 Å². The molecule has 100 valence electrons. The van der Waals surface area contributed by atoms with E-state index in [1.54, 1.807) is 12.1 Å². The quantitative estimate of drug-likeness (QED) is 0.663. The summed E-state index contributed by atoms with van der Waals surface area (Å²) in [4.78, 5) is 8.19. The molecule has 0 radical (unpaired) electrons. The number of benzene rings is 1. The standard InChI is InChI=1S/C12H12BrFN4O/c1-19-12-11(16-5-6-17-12)10(18-15)9-7(13)3-2-4-8(9)14/h2-6,10,18H,15H2,1H3. The van der Waals surface area contributed by atoms with Gasteiger partial charge in [0.15, 0.2) is 0 Å². The monoisotopic (exact) mass is 326 g/mol. The average Bonchev–Trinajstić information content (AvgIpc) is 2.43. The number of hydrogen-bond donors (Lipinski definition) is 2. The Morgan fingerprint density at radius 1 is 1.37 bits per heavy atom. The van der Waals surface area contributed by atoms with Crippen LogP contribution in [0.2, 0.25) is 0 Å². The Morgan fingerprint density at radius 3 is 2.74 bits per heavy atom. The van der Waals surface area contributed by atoms with E-state index in [4.69, 9.17) is 10.6 Å². The van der Waals surface area contributed by atoms with E-state index < -0.39 is 11.9 Å². The van der Waals surface area contributed by atoms with Gasteiger partial charge in [0, 0.05) is 22.4 Å². The largest absolute Gasteiger partial charge is 0.480 e. The maximum Gasteiger partial charge on any atom is 0.237 e. The second-order valence-corrected chi connectivity index (χ2v) is 4.54. The van der Waals surface area contributed by atoms with Crippen LogP contribution in [-0.2, 0) is 0 Å². The van der Waals surface area contributed by atoms with Gasteiger partial charge in [-0.3, -0.25) is 10.8 Å². The van der Waals surface area contributed by atoms with Crippen LogP contribution in [0.4, 0.5) is 4.39 Å². The highest BCUT2D eigenvalue weighted by Crippen LogP contribution is 2.32. The predicted octanol–water partition coefficient (Wildman–Crippen LogP) is 1.94. The molecule has 19 heavy (non-hydrogen) atoms. The Labute approximate surface area is 118 Å². The molecule has 2 rings (SSSR count). The zero-order chi connectivity index (χ0) is 13.8. The molecular weight excluding hydrogens is 315 g/mol. The lowest BCUT2D eigenvalue weighted by Crippen LogP contribution is -2.31. The Hall–Kier alpha value is -1.57. The van der Waals surface area contributed by atoms with Crippen LogP contribution in [0.15, 0.2) is 35.1 Å². The van der Waals surface area contributed by atoms with Crippen molar-refractivity contribution in [3.63, 3.8) is 0 Å². The molecule has 0 aliphatic heterocycles. The van der Waals surface area contributed by atoms with Crippen molar-refractivity contribution in [2.75, 3.05) is 7.11 Å². The van der Waals surface area contributed by atoms with Crippen molar-refractivity contribution in [2.45, 2.75) is 6.04 Å². The molecule has 2 aromatic rings. The van der Waals surface area contributed by atoms with Gasteiger partial charge < -0.3 is 4.74 Å². The van der Waals surface area contributed by atoms with Crippen LogP contribution < -0.4 is 16.0 Å². The molecule has 0 bridgehead atoms. The SMILES string of the molecule is COc1nccnc1C(NN)c1c(F)cccc1Br. The summed E-state index contributed by atoms with van der Waals surface area (Å²) in [6.07, 6.45) is 2.99. The molecular formula is C12H12BrFN4O. The van der Waals surface area contributed by atoms with Gasteiger partial charge in [0.1, 0.15) is 11.5 Å². The zero-order valence-corrected chi connectivity index (χ0v) is 11.7. The molecule has 0 saturated carbocycles. The number of halogens is 2. The predicted molar refractivity (Wildman–Crippen MR) is 71.9 cm³/mol. The summed E-state index contributed by atoms with van der Waals surface area (Å²) in [7, 11) is 1.47. The maximum absolute atomic E-state index is 14.0. The molecule has 5 nitrogen and oxygen atoms in total. The van der Waals surface area contributed by atoms with Gasteiger partial charge in [0.05, 0.1) is 13.2 Å². The van der Waals surface area contributed by atoms with Crippen LogP contribution in [0.25, 0.3) is 0 Å². The molecule has 0 saturated heterocycles. The first-order valence-electron chi connectivity index (χ1n) is 5.44. The van der Waals surface area contributed by atoms with Crippen molar-refractivity contribution in [1.82, 2.24) is 15.4 Å². The van der Waals surface area contributed by atoms with E-state index in [9.17, 15) is 4.39 Å². The zero-order valence-electron chi connectivity index (χ0n) is 10.1. The van der Waals surface area contributed by atoms with E-state index >= 15 is 0 Å². The summed E-state index contributed by atoms with van der Waals surface area (Å²) in [5.74, 6) is 5.43. The first kappa shape index (κ1) is 13.9. The average molecular weight is 327 g/mol. The highest BCUT2D eigenvalue weighted by molar-refractivity contribution is 9.10. The first-order valence-corrected chi connectivity index (χ1v) is 6.23. The molecule has 0 aliphatic rings. The van der Waals surface area contributed by atoms with Gasteiger partial charge in [0.2, 0.25) is 5.88 Å². The Kier molecular flexibility index (Phi) is 4.41. The molecule has 0 spiro atoms. The smallest absolute Gasteiger partial charge is 0.237 e. The normalized spacial score (nSPS) is 12.2. The lowest BCUT2D eigenvalue weighted by Gasteiger charge is -2.19. The fourth-order valence-electron chi connectivity index (χ4n) is 1.78. The Bertz CT molecular complexity index is 561. The van der Waals surface area contributed by atoms with E-state index in [0.717, 1.165) is 0 Å². The van der Waals surface area contributed by atoms with Gasteiger partial charge in [-0.1, -0.05) is 22.0 Å². The molecule has 1 atom stereocenters. The van der Waals surface area contributed by atoms with E-state index in [1.807, 2.05) is 0 Å². The number of nitrogens with zero attached hydrogens (tertiary/aromatic N) is 2. The van der Waals surface area contributed by atoms with Crippen LogP contribution in [-0.4, -0.2) is 17.1 Å². The molecule has 7 heteroatoms. The van der Waals surface area contributed by atoms with Crippen molar-refractivity contribution in [3.05, 3.63) is 52.1 Å². The summed E-state index contributed by atoms with van der Waals surface area (Å²) in [5, 5.41) is 0. The van der Waals surface area contributed by atoms with E-state index in [0.29, 0.717) is 21.6 Å². The van der Waals surface area contributed by atoms with Gasteiger partial charge in [0.25, 0.3) is 0 Å². The molecule has 1 heterocycles. The van der Waals surface area contributed by atoms with Crippen molar-refractivity contribution in [3.8, 4) is 5.88 Å². The number of ether oxygens (including phenoxy) is 1. The van der Waals surface area contributed by atoms with E-state index in [2.05, 4.69) is 31.3 Å². The lowest BCUT2D eigenvalue weighted by atomic mass is 10.0. The number of hydrogen-bond acceptors (Lipinski definition) is 5. The van der Waals surface area contributed by atoms with Gasteiger partial charge >= 0.3 is 0 Å². The minimum absolute atomic E-state index is 0.292. The third-order valence-corrected chi connectivity index (χ3v) is 3.30. The lowest BCUT2D eigenvalue weighted by molar-refractivity contribution is 0.381. The molecule has 0 amide bonds. The van der Waals surface area contributed by atoms with Crippen molar-refractivity contribution in [2.24, 2.45) is 5.84 Å². The number of aromatic nitrogens is 2. The van der Waals surface area contributed by atoms with Crippen LogP contribution in [0.3, 0.4) is 0 Å². The number of methoxy groups -OCH3 is 1. The van der Waals surface area contributed by atoms with Crippen LogP contribution in [0.5, 0.6) is 5.88 Å². The van der Waals surface area contributed by atoms with Gasteiger partial charge in [-0.25, -0.2) is 14.8 Å². The number of rotatable bonds is 4. The summed E-state index contributed by atoms with van der Waals surface area (Å²) < 4.78 is 19.7. The molecule has 0 aliphatic carbocycles. The maximum atomic E-state index is 14.0. The van der Waals surface area contributed by atoms with E-state index in [-0.39, 0.29) is 0 Å². The first-order chi connectivity index (χ1) is 9.19. The molecule has 0 fully saturated rings. The topological polar surface area (TPSA) is 73.1 Å². The summed E-state index contributed by atoms with van der Waals surface area (Å²) in [6.45, 7) is 0. The molecule has 1 aromatic carbocycles. The van der Waals surface area contributed by atoms with Gasteiger partial charge in [-0.05, 0) is 12.1 Å². The minimum atomic E-state index is -0.667. The second kappa shape index (κ2) is 6.05. The summed E-state index contributed by atoms with van der Waals surface area (Å²) >= 11 is 3.31. The fraction of sp³-hybridized carbons (Fsp3) is 0.167. The fourth-order valence-corrected chi connectivity index (χ4v) is 2.35. The third kappa shape index (κ3) is 2.73. The Morgan fingerprint density at radius 2 is 2.11 bits per heavy atom. The van der Waals surface area contributed by atoms with Gasteiger partial charge in [-0.2, -0.15) is 0 Å². The minimum Gasteiger partial charge on any atom is -0.480 e. The summed E-state index contributed by atoms with van der Waals surface area (Å²) in [6, 6.07) is 4.02. The molecule has 1 unspecified atom stereocenters.